The highest BCUT2D eigenvalue weighted by Gasteiger charge is 2.14. The summed E-state index contributed by atoms with van der Waals surface area (Å²) in [4.78, 5) is 7.69. The summed E-state index contributed by atoms with van der Waals surface area (Å²) >= 11 is 5.05. The number of nitrogens with zero attached hydrogens (tertiary/aromatic N) is 3. The first kappa shape index (κ1) is 13.5. The maximum Gasteiger partial charge on any atom is 0.116 e. The highest BCUT2D eigenvalue weighted by molar-refractivity contribution is 7.80. The molecule has 0 radical (unpaired) electrons. The first-order chi connectivity index (χ1) is 9.74. The third kappa shape index (κ3) is 2.83. The minimum Gasteiger partial charge on any atom is -0.393 e. The second-order valence-electron chi connectivity index (χ2n) is 5.36. The van der Waals surface area contributed by atoms with E-state index < -0.39 is 0 Å². The monoisotopic (exact) mass is 288 g/mol. The minimum absolute atomic E-state index is 0.503. The number of para-hydroxylation sites is 2. The topological polar surface area (TPSA) is 47.1 Å². The summed E-state index contributed by atoms with van der Waals surface area (Å²) < 4.78 is 2.27. The molecule has 20 heavy (non-hydrogen) atoms. The summed E-state index contributed by atoms with van der Waals surface area (Å²) in [5.41, 5.74) is 7.91. The van der Waals surface area contributed by atoms with Gasteiger partial charge in [0, 0.05) is 13.1 Å². The van der Waals surface area contributed by atoms with Crippen LogP contribution >= 0.6 is 12.2 Å². The quantitative estimate of drug-likeness (QED) is 0.855. The zero-order valence-corrected chi connectivity index (χ0v) is 12.4. The lowest BCUT2D eigenvalue weighted by atomic mass is 10.3. The zero-order chi connectivity index (χ0) is 13.9. The summed E-state index contributed by atoms with van der Waals surface area (Å²) in [5.74, 6) is 0.984. The Morgan fingerprint density at radius 2 is 1.95 bits per heavy atom. The molecule has 1 fully saturated rings. The molecule has 0 unspecified atom stereocenters. The second kappa shape index (κ2) is 5.89. The Labute approximate surface area is 124 Å². The Kier molecular flexibility index (Phi) is 3.98. The lowest BCUT2D eigenvalue weighted by Crippen LogP contribution is -2.25. The molecular formula is C15H20N4S. The smallest absolute Gasteiger partial charge is 0.116 e. The number of benzene rings is 1. The lowest BCUT2D eigenvalue weighted by Gasteiger charge is -2.16. The van der Waals surface area contributed by atoms with Gasteiger partial charge in [-0.15, -0.1) is 0 Å². The van der Waals surface area contributed by atoms with Crippen LogP contribution in [0.5, 0.6) is 0 Å². The zero-order valence-electron chi connectivity index (χ0n) is 11.6. The van der Waals surface area contributed by atoms with Crippen LogP contribution in [0.25, 0.3) is 11.0 Å². The van der Waals surface area contributed by atoms with Crippen molar-refractivity contribution in [1.82, 2.24) is 14.5 Å². The van der Waals surface area contributed by atoms with Crippen LogP contribution in [0.1, 0.15) is 18.7 Å². The van der Waals surface area contributed by atoms with Gasteiger partial charge >= 0.3 is 0 Å². The van der Waals surface area contributed by atoms with Crippen molar-refractivity contribution in [2.45, 2.75) is 25.8 Å². The van der Waals surface area contributed by atoms with Gasteiger partial charge in [-0.25, -0.2) is 4.98 Å². The fourth-order valence-electron chi connectivity index (χ4n) is 2.91. The molecule has 1 saturated heterocycles. The predicted octanol–water partition coefficient (Wildman–Crippen LogP) is 1.96. The van der Waals surface area contributed by atoms with Crippen molar-refractivity contribution in [3.8, 4) is 0 Å². The van der Waals surface area contributed by atoms with E-state index in [9.17, 15) is 0 Å². The summed E-state index contributed by atoms with van der Waals surface area (Å²) in [6.07, 6.45) is 3.22. The molecule has 0 amide bonds. The Hall–Kier alpha value is -1.46. The van der Waals surface area contributed by atoms with Crippen LogP contribution in [-0.4, -0.2) is 39.1 Å². The van der Waals surface area contributed by atoms with E-state index in [-0.39, 0.29) is 0 Å². The minimum atomic E-state index is 0.503. The van der Waals surface area contributed by atoms with Gasteiger partial charge in [0.15, 0.2) is 0 Å². The molecule has 1 aromatic heterocycles. The van der Waals surface area contributed by atoms with E-state index in [1.54, 1.807) is 0 Å². The van der Waals surface area contributed by atoms with Gasteiger partial charge in [-0.1, -0.05) is 24.4 Å². The molecule has 0 spiro atoms. The average molecular weight is 288 g/mol. The van der Waals surface area contributed by atoms with Crippen molar-refractivity contribution in [2.75, 3.05) is 19.6 Å². The molecule has 2 aromatic rings. The predicted molar refractivity (Wildman–Crippen MR) is 85.9 cm³/mol. The second-order valence-corrected chi connectivity index (χ2v) is 5.88. The van der Waals surface area contributed by atoms with Gasteiger partial charge in [0.1, 0.15) is 5.82 Å². The molecule has 1 aliphatic rings. The molecule has 1 aromatic carbocycles. The molecule has 0 atom stereocenters. The number of hydrogen-bond donors (Lipinski definition) is 1. The van der Waals surface area contributed by atoms with Crippen LogP contribution < -0.4 is 5.73 Å². The Balaban J connectivity index is 1.86. The van der Waals surface area contributed by atoms with Crippen LogP contribution in [0.2, 0.25) is 0 Å². The molecular weight excluding hydrogens is 268 g/mol. The average Bonchev–Trinajstić information content (AvgIpc) is 3.03. The summed E-state index contributed by atoms with van der Waals surface area (Å²) in [6, 6.07) is 8.24. The van der Waals surface area contributed by atoms with Gasteiger partial charge in [-0.05, 0) is 38.1 Å². The van der Waals surface area contributed by atoms with Crippen LogP contribution in [0.3, 0.4) is 0 Å². The lowest BCUT2D eigenvalue weighted by molar-refractivity contribution is 0.323. The summed E-state index contributed by atoms with van der Waals surface area (Å²) in [5, 5.41) is 0. The maximum atomic E-state index is 5.70. The van der Waals surface area contributed by atoms with Gasteiger partial charge in [0.25, 0.3) is 0 Å². The fraction of sp³-hybridized carbons (Fsp3) is 0.467. The first-order valence-electron chi connectivity index (χ1n) is 7.19. The van der Waals surface area contributed by atoms with Gasteiger partial charge < -0.3 is 15.2 Å². The molecule has 1 aliphatic heterocycles. The van der Waals surface area contributed by atoms with Crippen LogP contribution in [0.15, 0.2) is 24.3 Å². The largest absolute Gasteiger partial charge is 0.393 e. The highest BCUT2D eigenvalue weighted by Crippen LogP contribution is 2.17. The Morgan fingerprint density at radius 1 is 1.20 bits per heavy atom. The Morgan fingerprint density at radius 3 is 2.70 bits per heavy atom. The molecule has 106 valence electrons. The van der Waals surface area contributed by atoms with Crippen molar-refractivity contribution in [2.24, 2.45) is 5.73 Å². The number of thiocarbonyl (C=S) groups is 1. The SMILES string of the molecule is NC(=S)Cc1nc2ccccc2n1CCN1CCCC1. The van der Waals surface area contributed by atoms with E-state index >= 15 is 0 Å². The van der Waals surface area contributed by atoms with Crippen LogP contribution in [-0.2, 0) is 13.0 Å². The number of hydrogen-bond acceptors (Lipinski definition) is 3. The van der Waals surface area contributed by atoms with Gasteiger partial charge in [-0.3, -0.25) is 0 Å². The molecule has 4 nitrogen and oxygen atoms in total. The van der Waals surface area contributed by atoms with Gasteiger partial charge in [0.05, 0.1) is 22.4 Å². The summed E-state index contributed by atoms with van der Waals surface area (Å²) in [6.45, 7) is 4.47. The van der Waals surface area contributed by atoms with Crippen molar-refractivity contribution in [3.63, 3.8) is 0 Å². The van der Waals surface area contributed by atoms with Gasteiger partial charge in [-0.2, -0.15) is 0 Å². The van der Waals surface area contributed by atoms with Crippen molar-refractivity contribution in [3.05, 3.63) is 30.1 Å². The molecule has 0 saturated carbocycles. The van der Waals surface area contributed by atoms with Crippen molar-refractivity contribution in [1.29, 1.82) is 0 Å². The number of fused-ring (bicyclic) bond motifs is 1. The molecule has 2 heterocycles. The van der Waals surface area contributed by atoms with E-state index in [0.717, 1.165) is 24.4 Å². The van der Waals surface area contributed by atoms with Crippen LogP contribution in [0.4, 0.5) is 0 Å². The molecule has 0 aliphatic carbocycles. The van der Waals surface area contributed by atoms with Gasteiger partial charge in [0.2, 0.25) is 0 Å². The maximum absolute atomic E-state index is 5.70. The molecule has 3 rings (SSSR count). The number of likely N-dealkylation sites (tertiary alicyclic amines) is 1. The molecule has 0 bridgehead atoms. The number of aromatic nitrogens is 2. The third-order valence-corrected chi connectivity index (χ3v) is 4.05. The number of nitrogens with two attached hydrogens (primary N) is 1. The normalized spacial score (nSPS) is 16.0. The van der Waals surface area contributed by atoms with E-state index in [0.29, 0.717) is 11.4 Å². The van der Waals surface area contributed by atoms with Crippen molar-refractivity contribution < 1.29 is 0 Å². The van der Waals surface area contributed by atoms with E-state index in [1.807, 2.05) is 12.1 Å². The van der Waals surface area contributed by atoms with Crippen molar-refractivity contribution >= 4 is 28.2 Å². The highest BCUT2D eigenvalue weighted by atomic mass is 32.1. The molecule has 5 heteroatoms. The van der Waals surface area contributed by atoms with E-state index in [2.05, 4.69) is 26.6 Å². The van der Waals surface area contributed by atoms with Crippen LogP contribution in [0, 0.1) is 0 Å². The standard InChI is InChI=1S/C15H20N4S/c16-14(20)11-15-17-12-5-1-2-6-13(12)19(15)10-9-18-7-3-4-8-18/h1-2,5-6H,3-4,7-11H2,(H2,16,20). The Bertz CT molecular complexity index is 613. The summed E-state index contributed by atoms with van der Waals surface area (Å²) in [7, 11) is 0. The third-order valence-electron chi connectivity index (χ3n) is 3.90. The fourth-order valence-corrected chi connectivity index (χ4v) is 3.04. The number of rotatable bonds is 5. The number of imidazole rings is 1. The first-order valence-corrected chi connectivity index (χ1v) is 7.59. The molecule has 2 N–H and O–H groups in total. The van der Waals surface area contributed by atoms with E-state index in [1.165, 1.54) is 31.4 Å². The van der Waals surface area contributed by atoms with E-state index in [4.69, 9.17) is 18.0 Å².